The first-order valence-corrected chi connectivity index (χ1v) is 6.63. The maximum Gasteiger partial charge on any atom is 0.0492 e. The Kier molecular flexibility index (Phi) is 3.91. The van der Waals surface area contributed by atoms with Crippen molar-refractivity contribution in [3.8, 4) is 0 Å². The monoisotopic (exact) mass is 308 g/mol. The molecule has 18 heavy (non-hydrogen) atoms. The third-order valence-electron chi connectivity index (χ3n) is 2.97. The van der Waals surface area contributed by atoms with Crippen molar-refractivity contribution < 1.29 is 0 Å². The zero-order valence-corrected chi connectivity index (χ0v) is 12.2. The van der Waals surface area contributed by atoms with Gasteiger partial charge in [0, 0.05) is 47.8 Å². The maximum absolute atomic E-state index is 5.85. The number of nitrogens with zero attached hydrogens (tertiary/aromatic N) is 2. The van der Waals surface area contributed by atoms with E-state index < -0.39 is 0 Å². The van der Waals surface area contributed by atoms with Crippen molar-refractivity contribution in [3.63, 3.8) is 0 Å². The fourth-order valence-electron chi connectivity index (χ4n) is 1.80. The van der Waals surface area contributed by atoms with E-state index in [0.717, 1.165) is 34.4 Å². The van der Waals surface area contributed by atoms with E-state index in [4.69, 9.17) is 5.73 Å². The molecule has 0 fully saturated rings. The molecule has 0 aliphatic carbocycles. The van der Waals surface area contributed by atoms with Crippen molar-refractivity contribution in [2.45, 2.75) is 13.3 Å². The maximum atomic E-state index is 5.85. The van der Waals surface area contributed by atoms with Crippen LogP contribution in [0.15, 0.2) is 28.9 Å². The molecule has 0 radical (unpaired) electrons. The average molecular weight is 309 g/mol. The number of nitrogen functional groups attached to an aromatic ring is 1. The Morgan fingerprint density at radius 3 is 2.89 bits per heavy atom. The molecular weight excluding hydrogens is 292 g/mol. The highest BCUT2D eigenvalue weighted by Crippen LogP contribution is 2.27. The van der Waals surface area contributed by atoms with Crippen LogP contribution < -0.4 is 11.1 Å². The van der Waals surface area contributed by atoms with Gasteiger partial charge in [0.05, 0.1) is 0 Å². The van der Waals surface area contributed by atoms with Crippen LogP contribution in [0.5, 0.6) is 0 Å². The van der Waals surface area contributed by atoms with Crippen LogP contribution in [-0.4, -0.2) is 16.3 Å². The van der Waals surface area contributed by atoms with Crippen molar-refractivity contribution in [1.82, 2.24) is 9.78 Å². The van der Waals surface area contributed by atoms with Crippen LogP contribution in [0.25, 0.3) is 0 Å². The van der Waals surface area contributed by atoms with Gasteiger partial charge < -0.3 is 11.1 Å². The number of rotatable bonds is 4. The van der Waals surface area contributed by atoms with E-state index in [0.29, 0.717) is 0 Å². The second kappa shape index (κ2) is 5.44. The Morgan fingerprint density at radius 2 is 2.22 bits per heavy atom. The quantitative estimate of drug-likeness (QED) is 0.854. The molecule has 0 unspecified atom stereocenters. The molecule has 5 heteroatoms. The average Bonchev–Trinajstić information content (AvgIpc) is 2.72. The molecule has 0 spiro atoms. The summed E-state index contributed by atoms with van der Waals surface area (Å²) in [6.45, 7) is 2.87. The molecule has 96 valence electrons. The number of aromatic nitrogens is 2. The molecule has 0 aliphatic rings. The molecule has 1 aromatic carbocycles. The summed E-state index contributed by atoms with van der Waals surface area (Å²) in [5.41, 5.74) is 10.0. The van der Waals surface area contributed by atoms with Crippen LogP contribution in [0.4, 0.5) is 11.4 Å². The summed E-state index contributed by atoms with van der Waals surface area (Å²) in [6, 6.07) is 6.02. The topological polar surface area (TPSA) is 55.9 Å². The molecule has 0 bridgehead atoms. The van der Waals surface area contributed by atoms with Gasteiger partial charge in [0.2, 0.25) is 0 Å². The first-order chi connectivity index (χ1) is 8.58. The number of hydrogen-bond acceptors (Lipinski definition) is 3. The number of benzene rings is 1. The van der Waals surface area contributed by atoms with E-state index in [1.807, 2.05) is 37.0 Å². The van der Waals surface area contributed by atoms with Gasteiger partial charge in [-0.05, 0) is 46.6 Å². The Hall–Kier alpha value is -1.49. The lowest BCUT2D eigenvalue weighted by atomic mass is 10.2. The van der Waals surface area contributed by atoms with Gasteiger partial charge in [0.15, 0.2) is 0 Å². The lowest BCUT2D eigenvalue weighted by Crippen LogP contribution is -2.09. The molecule has 0 aliphatic heterocycles. The van der Waals surface area contributed by atoms with Crippen molar-refractivity contribution in [2.75, 3.05) is 17.6 Å². The van der Waals surface area contributed by atoms with E-state index in [-0.39, 0.29) is 0 Å². The summed E-state index contributed by atoms with van der Waals surface area (Å²) in [7, 11) is 1.96. The summed E-state index contributed by atoms with van der Waals surface area (Å²) in [5, 5.41) is 7.55. The number of aryl methyl sites for hydroxylation is 2. The zero-order chi connectivity index (χ0) is 13.1. The van der Waals surface area contributed by atoms with Gasteiger partial charge in [-0.3, -0.25) is 4.68 Å². The fraction of sp³-hybridized carbons (Fsp3) is 0.308. The van der Waals surface area contributed by atoms with Gasteiger partial charge in [-0.1, -0.05) is 0 Å². The number of nitrogens with one attached hydrogen (secondary N) is 1. The van der Waals surface area contributed by atoms with E-state index >= 15 is 0 Å². The second-order valence-electron chi connectivity index (χ2n) is 4.31. The van der Waals surface area contributed by atoms with Crippen molar-refractivity contribution in [3.05, 3.63) is 40.1 Å². The van der Waals surface area contributed by atoms with Crippen molar-refractivity contribution >= 4 is 27.3 Å². The molecule has 0 saturated carbocycles. The summed E-state index contributed by atoms with van der Waals surface area (Å²) in [6.07, 6.45) is 2.75. The number of anilines is 2. The molecule has 2 aromatic rings. The van der Waals surface area contributed by atoms with Crippen LogP contribution in [0.2, 0.25) is 0 Å². The molecule has 1 aromatic heterocycles. The zero-order valence-electron chi connectivity index (χ0n) is 10.6. The highest BCUT2D eigenvalue weighted by molar-refractivity contribution is 9.10. The summed E-state index contributed by atoms with van der Waals surface area (Å²) in [4.78, 5) is 0. The number of nitrogens with two attached hydrogens (primary N) is 1. The predicted octanol–water partition coefficient (Wildman–Crippen LogP) is 2.73. The predicted molar refractivity (Wildman–Crippen MR) is 78.7 cm³/mol. The number of halogens is 1. The summed E-state index contributed by atoms with van der Waals surface area (Å²) >= 11 is 3.51. The molecule has 0 saturated heterocycles. The third kappa shape index (κ3) is 2.85. The lowest BCUT2D eigenvalue weighted by Gasteiger charge is -2.11. The highest BCUT2D eigenvalue weighted by Gasteiger charge is 2.04. The van der Waals surface area contributed by atoms with Crippen LogP contribution >= 0.6 is 15.9 Å². The van der Waals surface area contributed by atoms with Crippen molar-refractivity contribution in [1.29, 1.82) is 0 Å². The molecule has 2 rings (SSSR count). The Balaban J connectivity index is 1.99. The van der Waals surface area contributed by atoms with Gasteiger partial charge >= 0.3 is 0 Å². The molecule has 1 heterocycles. The minimum atomic E-state index is 0.805. The fourth-order valence-corrected chi connectivity index (χ4v) is 2.31. The first kappa shape index (κ1) is 13.0. The minimum Gasteiger partial charge on any atom is -0.398 e. The molecule has 4 nitrogen and oxygen atoms in total. The van der Waals surface area contributed by atoms with Crippen LogP contribution in [0, 0.1) is 6.92 Å². The Morgan fingerprint density at radius 1 is 1.44 bits per heavy atom. The summed E-state index contributed by atoms with van der Waals surface area (Å²) < 4.78 is 2.89. The van der Waals surface area contributed by atoms with E-state index in [2.05, 4.69) is 32.4 Å². The summed E-state index contributed by atoms with van der Waals surface area (Å²) in [5.74, 6) is 0. The van der Waals surface area contributed by atoms with Crippen LogP contribution in [0.3, 0.4) is 0 Å². The SMILES string of the molecule is Cc1cc(NCCc2ccnn2C)c(Br)cc1N. The van der Waals surface area contributed by atoms with Gasteiger partial charge in [0.1, 0.15) is 0 Å². The first-order valence-electron chi connectivity index (χ1n) is 5.84. The second-order valence-corrected chi connectivity index (χ2v) is 5.17. The van der Waals surface area contributed by atoms with E-state index in [9.17, 15) is 0 Å². The minimum absolute atomic E-state index is 0.805. The van der Waals surface area contributed by atoms with Gasteiger partial charge in [-0.15, -0.1) is 0 Å². The normalized spacial score (nSPS) is 10.6. The molecular formula is C13H17BrN4. The highest BCUT2D eigenvalue weighted by atomic mass is 79.9. The largest absolute Gasteiger partial charge is 0.398 e. The Labute approximate surface area is 115 Å². The van der Waals surface area contributed by atoms with Crippen LogP contribution in [0.1, 0.15) is 11.3 Å². The molecule has 3 N–H and O–H groups in total. The molecule has 0 atom stereocenters. The smallest absolute Gasteiger partial charge is 0.0492 e. The standard InChI is InChI=1S/C13H17BrN4/c1-9-7-13(11(14)8-12(9)15)16-5-3-10-4-6-17-18(10)2/h4,6-8,16H,3,5,15H2,1-2H3. The lowest BCUT2D eigenvalue weighted by molar-refractivity contribution is 0.711. The number of hydrogen-bond donors (Lipinski definition) is 2. The van der Waals surface area contributed by atoms with Gasteiger partial charge in [0.25, 0.3) is 0 Å². The van der Waals surface area contributed by atoms with Gasteiger partial charge in [-0.25, -0.2) is 0 Å². The van der Waals surface area contributed by atoms with E-state index in [1.54, 1.807) is 0 Å². The third-order valence-corrected chi connectivity index (χ3v) is 3.63. The Bertz CT molecular complexity index is 548. The van der Waals surface area contributed by atoms with Gasteiger partial charge in [-0.2, -0.15) is 5.10 Å². The van der Waals surface area contributed by atoms with E-state index in [1.165, 1.54) is 5.69 Å². The molecule has 0 amide bonds. The van der Waals surface area contributed by atoms with Crippen LogP contribution in [-0.2, 0) is 13.5 Å². The van der Waals surface area contributed by atoms with Crippen molar-refractivity contribution in [2.24, 2.45) is 7.05 Å².